The molecule has 1 N–H and O–H groups in total. The number of methoxy groups -OCH3 is 1. The lowest BCUT2D eigenvalue weighted by Crippen LogP contribution is -2.29. The Labute approximate surface area is 194 Å². The monoisotopic (exact) mass is 490 g/mol. The van der Waals surface area contributed by atoms with E-state index in [9.17, 15) is 22.8 Å². The highest BCUT2D eigenvalue weighted by atomic mass is 32.1. The predicted octanol–water partition coefficient (Wildman–Crippen LogP) is 3.54. The molecule has 176 valence electrons. The van der Waals surface area contributed by atoms with Gasteiger partial charge in [-0.05, 0) is 42.5 Å². The molecule has 2 aromatic carbocycles. The summed E-state index contributed by atoms with van der Waals surface area (Å²) in [5.74, 6) is 0.0244. The maximum atomic E-state index is 12.8. The quantitative estimate of drug-likeness (QED) is 0.426. The lowest BCUT2D eigenvalue weighted by Gasteiger charge is -2.10. The highest BCUT2D eigenvalue weighted by Gasteiger charge is 2.30. The highest BCUT2D eigenvalue weighted by molar-refractivity contribution is 7.19. The first-order chi connectivity index (χ1) is 16.2. The van der Waals surface area contributed by atoms with E-state index in [4.69, 9.17) is 9.47 Å². The second kappa shape index (κ2) is 9.51. The molecular formula is C22H17F3N4O4S. The van der Waals surface area contributed by atoms with Crippen molar-refractivity contribution in [3.05, 3.63) is 76.2 Å². The summed E-state index contributed by atoms with van der Waals surface area (Å²) < 4.78 is 49.8. The number of halogens is 3. The maximum Gasteiger partial charge on any atom is 0.416 e. The van der Waals surface area contributed by atoms with Gasteiger partial charge in [0.05, 0.1) is 24.9 Å². The average molecular weight is 490 g/mol. The van der Waals surface area contributed by atoms with Crippen molar-refractivity contribution in [1.29, 1.82) is 0 Å². The lowest BCUT2D eigenvalue weighted by molar-refractivity contribution is -0.137. The van der Waals surface area contributed by atoms with Gasteiger partial charge >= 0.3 is 6.18 Å². The number of benzene rings is 2. The Kier molecular flexibility index (Phi) is 6.50. The largest absolute Gasteiger partial charge is 0.497 e. The van der Waals surface area contributed by atoms with Crippen molar-refractivity contribution in [3.63, 3.8) is 0 Å². The van der Waals surface area contributed by atoms with Gasteiger partial charge in [0, 0.05) is 11.6 Å². The fourth-order valence-corrected chi connectivity index (χ4v) is 3.88. The topological polar surface area (TPSA) is 94.8 Å². The fraction of sp³-hybridized carbons (Fsp3) is 0.182. The zero-order valence-corrected chi connectivity index (χ0v) is 18.4. The predicted molar refractivity (Wildman–Crippen MR) is 118 cm³/mol. The number of carbonyl (C=O) groups is 1. The van der Waals surface area contributed by atoms with Gasteiger partial charge in [0.15, 0.2) is 6.61 Å². The molecule has 0 aliphatic rings. The van der Waals surface area contributed by atoms with Crippen molar-refractivity contribution in [2.24, 2.45) is 0 Å². The van der Waals surface area contributed by atoms with Crippen LogP contribution in [0.25, 0.3) is 15.5 Å². The van der Waals surface area contributed by atoms with Crippen LogP contribution in [0.3, 0.4) is 0 Å². The Bertz CT molecular complexity index is 1380. The summed E-state index contributed by atoms with van der Waals surface area (Å²) in [6.45, 7) is -0.559. The van der Waals surface area contributed by atoms with Crippen LogP contribution in [0.15, 0.2) is 59.4 Å². The van der Waals surface area contributed by atoms with Gasteiger partial charge in [0.25, 0.3) is 11.5 Å². The minimum absolute atomic E-state index is 0.0632. The first-order valence-corrected chi connectivity index (χ1v) is 10.7. The van der Waals surface area contributed by atoms with Crippen LogP contribution in [-0.4, -0.2) is 34.2 Å². The number of rotatable bonds is 7. The van der Waals surface area contributed by atoms with Gasteiger partial charge in [-0.1, -0.05) is 17.4 Å². The Balaban J connectivity index is 1.40. The Morgan fingerprint density at radius 2 is 1.88 bits per heavy atom. The Hall–Kier alpha value is -3.93. The summed E-state index contributed by atoms with van der Waals surface area (Å²) >= 11 is 1.21. The molecule has 0 aliphatic heterocycles. The summed E-state index contributed by atoms with van der Waals surface area (Å²) in [6, 6.07) is 12.7. The van der Waals surface area contributed by atoms with E-state index < -0.39 is 29.8 Å². The zero-order valence-electron chi connectivity index (χ0n) is 17.6. The first kappa shape index (κ1) is 23.2. The molecule has 4 rings (SSSR count). The molecule has 0 spiro atoms. The molecule has 2 heterocycles. The molecule has 2 aromatic heterocycles. The van der Waals surface area contributed by atoms with Crippen molar-refractivity contribution in [2.75, 3.05) is 13.7 Å². The van der Waals surface area contributed by atoms with Gasteiger partial charge in [-0.25, -0.2) is 4.98 Å². The third-order valence-electron chi connectivity index (χ3n) is 4.63. The molecule has 0 atom stereocenters. The van der Waals surface area contributed by atoms with Crippen molar-refractivity contribution >= 4 is 22.2 Å². The van der Waals surface area contributed by atoms with Crippen LogP contribution in [0.2, 0.25) is 0 Å². The van der Waals surface area contributed by atoms with E-state index in [0.29, 0.717) is 21.4 Å². The molecule has 1 amide bonds. The van der Waals surface area contributed by atoms with E-state index in [1.54, 1.807) is 19.2 Å². The molecule has 0 fully saturated rings. The van der Waals surface area contributed by atoms with Crippen LogP contribution in [0.4, 0.5) is 13.2 Å². The fourth-order valence-electron chi connectivity index (χ4n) is 2.95. The van der Waals surface area contributed by atoms with Crippen LogP contribution in [0.5, 0.6) is 11.5 Å². The maximum absolute atomic E-state index is 12.8. The summed E-state index contributed by atoms with van der Waals surface area (Å²) in [4.78, 5) is 29.2. The van der Waals surface area contributed by atoms with Gasteiger partial charge in [0.2, 0.25) is 4.96 Å². The minimum atomic E-state index is -4.51. The first-order valence-electron chi connectivity index (χ1n) is 9.84. The normalized spacial score (nSPS) is 11.4. The number of hydrogen-bond acceptors (Lipinski definition) is 7. The number of nitrogens with one attached hydrogen (secondary N) is 1. The van der Waals surface area contributed by atoms with Gasteiger partial charge in [-0.3, -0.25) is 9.59 Å². The summed E-state index contributed by atoms with van der Waals surface area (Å²) in [7, 11) is 1.56. The number of carbonyl (C=O) groups excluding carboxylic acids is 1. The summed E-state index contributed by atoms with van der Waals surface area (Å²) in [5.41, 5.74) is -0.188. The highest BCUT2D eigenvalue weighted by Crippen LogP contribution is 2.31. The molecule has 0 bridgehead atoms. The van der Waals surface area contributed by atoms with E-state index in [-0.39, 0.29) is 12.3 Å². The molecule has 34 heavy (non-hydrogen) atoms. The van der Waals surface area contributed by atoms with E-state index in [1.165, 1.54) is 34.1 Å². The third-order valence-corrected chi connectivity index (χ3v) is 5.59. The average Bonchev–Trinajstić information content (AvgIpc) is 3.26. The van der Waals surface area contributed by atoms with Crippen LogP contribution < -0.4 is 20.3 Å². The molecule has 0 saturated carbocycles. The summed E-state index contributed by atoms with van der Waals surface area (Å²) in [5, 5.41) is 7.41. The molecule has 4 aromatic rings. The molecule has 0 aliphatic carbocycles. The van der Waals surface area contributed by atoms with Crippen molar-refractivity contribution < 1.29 is 27.4 Å². The van der Waals surface area contributed by atoms with Crippen molar-refractivity contribution in [3.8, 4) is 22.1 Å². The van der Waals surface area contributed by atoms with E-state index in [0.717, 1.165) is 17.7 Å². The molecule has 8 nitrogen and oxygen atoms in total. The van der Waals surface area contributed by atoms with E-state index in [1.807, 2.05) is 12.1 Å². The second-order valence-electron chi connectivity index (χ2n) is 7.01. The molecule has 0 saturated heterocycles. The molecular weight excluding hydrogens is 473 g/mol. The zero-order chi connectivity index (χ0) is 24.3. The van der Waals surface area contributed by atoms with Crippen LogP contribution in [0.1, 0.15) is 11.3 Å². The van der Waals surface area contributed by atoms with Crippen molar-refractivity contribution in [1.82, 2.24) is 19.9 Å². The summed E-state index contributed by atoms with van der Waals surface area (Å²) in [6.07, 6.45) is -4.51. The number of hydrogen-bond donors (Lipinski definition) is 1. The smallest absolute Gasteiger partial charge is 0.416 e. The number of aromatic nitrogens is 3. The van der Waals surface area contributed by atoms with Crippen molar-refractivity contribution in [2.45, 2.75) is 12.7 Å². The molecule has 0 unspecified atom stereocenters. The molecule has 0 radical (unpaired) electrons. The van der Waals surface area contributed by atoms with Crippen LogP contribution in [0, 0.1) is 0 Å². The standard InChI is InChI=1S/C22H17F3N4O4S/c1-32-16-7-5-13(6-8-16)20-28-29-19(31)10-15(27-21(29)34-20)11-26-18(30)12-33-17-4-2-3-14(9-17)22(23,24)25/h2-10H,11-12H2,1H3,(H,26,30). The molecule has 12 heteroatoms. The third kappa shape index (κ3) is 5.34. The number of nitrogens with zero attached hydrogens (tertiary/aromatic N) is 3. The van der Waals surface area contributed by atoms with Gasteiger partial charge < -0.3 is 14.8 Å². The van der Waals surface area contributed by atoms with Crippen LogP contribution >= 0.6 is 11.3 Å². The Morgan fingerprint density at radius 1 is 1.12 bits per heavy atom. The number of amides is 1. The minimum Gasteiger partial charge on any atom is -0.497 e. The second-order valence-corrected chi connectivity index (χ2v) is 7.96. The van der Waals surface area contributed by atoms with E-state index in [2.05, 4.69) is 15.4 Å². The van der Waals surface area contributed by atoms with Crippen LogP contribution in [-0.2, 0) is 17.5 Å². The number of alkyl halides is 3. The van der Waals surface area contributed by atoms with E-state index >= 15 is 0 Å². The SMILES string of the molecule is COc1ccc(-c2nn3c(=O)cc(CNC(=O)COc4cccc(C(F)(F)F)c4)nc3s2)cc1. The number of ether oxygens (including phenoxy) is 2. The number of fused-ring (bicyclic) bond motifs is 1. The lowest BCUT2D eigenvalue weighted by atomic mass is 10.2. The van der Waals surface area contributed by atoms with Gasteiger partial charge in [-0.15, -0.1) is 0 Å². The van der Waals surface area contributed by atoms with Gasteiger partial charge in [-0.2, -0.15) is 22.8 Å². The van der Waals surface area contributed by atoms with Gasteiger partial charge in [0.1, 0.15) is 16.5 Å². The Morgan fingerprint density at radius 3 is 2.59 bits per heavy atom.